The van der Waals surface area contributed by atoms with Crippen LogP contribution in [-0.2, 0) is 5.88 Å². The van der Waals surface area contributed by atoms with E-state index in [0.29, 0.717) is 23.6 Å². The number of hydrogen-bond acceptors (Lipinski definition) is 5. The van der Waals surface area contributed by atoms with E-state index in [2.05, 4.69) is 39.0 Å². The van der Waals surface area contributed by atoms with Crippen LogP contribution >= 0.6 is 11.6 Å². The molecule has 0 amide bonds. The van der Waals surface area contributed by atoms with Crippen LogP contribution in [0.25, 0.3) is 0 Å². The molecule has 0 saturated heterocycles. The summed E-state index contributed by atoms with van der Waals surface area (Å²) in [5.41, 5.74) is 0. The molecule has 0 unspecified atom stereocenters. The first-order chi connectivity index (χ1) is 7.74. The molecule has 0 bridgehead atoms. The van der Waals surface area contributed by atoms with Gasteiger partial charge >= 0.3 is 0 Å². The molecule has 1 rings (SSSR count). The van der Waals surface area contributed by atoms with Gasteiger partial charge in [0, 0.05) is 19.6 Å². The van der Waals surface area contributed by atoms with Crippen LogP contribution in [0.2, 0.25) is 0 Å². The van der Waals surface area contributed by atoms with E-state index in [1.54, 1.807) is 0 Å². The second-order valence-electron chi connectivity index (χ2n) is 3.21. The molecule has 0 aromatic carbocycles. The molecular weight excluding hydrogens is 226 g/mol. The Morgan fingerprint density at radius 2 is 1.81 bits per heavy atom. The van der Waals surface area contributed by atoms with E-state index >= 15 is 0 Å². The van der Waals surface area contributed by atoms with Crippen LogP contribution in [0.4, 0.5) is 11.9 Å². The Balaban J connectivity index is 3.02. The van der Waals surface area contributed by atoms with Crippen LogP contribution in [-0.4, -0.2) is 34.6 Å². The summed E-state index contributed by atoms with van der Waals surface area (Å²) in [5.74, 6) is 2.19. The SMILES string of the molecule is CCNc1nc(CCl)nc(N(CC)CC)n1. The molecule has 0 saturated carbocycles. The molecule has 5 nitrogen and oxygen atoms in total. The van der Waals surface area contributed by atoms with E-state index in [4.69, 9.17) is 11.6 Å². The number of anilines is 2. The molecule has 16 heavy (non-hydrogen) atoms. The van der Waals surface area contributed by atoms with E-state index in [1.807, 2.05) is 6.92 Å². The molecule has 0 aliphatic rings. The highest BCUT2D eigenvalue weighted by Gasteiger charge is 2.09. The highest BCUT2D eigenvalue weighted by atomic mass is 35.5. The lowest BCUT2D eigenvalue weighted by Gasteiger charge is -2.19. The molecule has 0 aliphatic carbocycles. The van der Waals surface area contributed by atoms with Crippen LogP contribution in [0.1, 0.15) is 26.6 Å². The Hall–Kier alpha value is -1.10. The van der Waals surface area contributed by atoms with Crippen molar-refractivity contribution in [1.82, 2.24) is 15.0 Å². The number of aromatic nitrogens is 3. The monoisotopic (exact) mass is 243 g/mol. The van der Waals surface area contributed by atoms with Gasteiger partial charge in [0.2, 0.25) is 11.9 Å². The molecule has 0 radical (unpaired) electrons. The van der Waals surface area contributed by atoms with Gasteiger partial charge in [-0.25, -0.2) is 0 Å². The van der Waals surface area contributed by atoms with Gasteiger partial charge in [0.1, 0.15) is 0 Å². The summed E-state index contributed by atoms with van der Waals surface area (Å²) < 4.78 is 0. The lowest BCUT2D eigenvalue weighted by atomic mass is 10.5. The Labute approximate surface area is 101 Å². The van der Waals surface area contributed by atoms with Crippen molar-refractivity contribution in [2.75, 3.05) is 29.9 Å². The first kappa shape index (κ1) is 13.0. The third-order valence-corrected chi connectivity index (χ3v) is 2.41. The van der Waals surface area contributed by atoms with Gasteiger partial charge in [-0.15, -0.1) is 11.6 Å². The minimum atomic E-state index is 0.301. The minimum Gasteiger partial charge on any atom is -0.354 e. The number of rotatable bonds is 6. The summed E-state index contributed by atoms with van der Waals surface area (Å²) in [6.45, 7) is 8.66. The van der Waals surface area contributed by atoms with Gasteiger partial charge in [0.15, 0.2) is 5.82 Å². The van der Waals surface area contributed by atoms with Crippen molar-refractivity contribution >= 4 is 23.5 Å². The van der Waals surface area contributed by atoms with Crippen molar-refractivity contribution in [3.63, 3.8) is 0 Å². The molecule has 1 aromatic heterocycles. The van der Waals surface area contributed by atoms with Gasteiger partial charge in [-0.05, 0) is 20.8 Å². The predicted molar refractivity (Wildman–Crippen MR) is 67.1 cm³/mol. The smallest absolute Gasteiger partial charge is 0.230 e. The molecule has 0 atom stereocenters. The van der Waals surface area contributed by atoms with Crippen LogP contribution in [0.3, 0.4) is 0 Å². The Morgan fingerprint density at radius 3 is 2.31 bits per heavy atom. The van der Waals surface area contributed by atoms with Gasteiger partial charge in [-0.1, -0.05) is 0 Å². The van der Waals surface area contributed by atoms with Crippen LogP contribution in [0.15, 0.2) is 0 Å². The molecule has 0 spiro atoms. The van der Waals surface area contributed by atoms with E-state index in [0.717, 1.165) is 19.6 Å². The van der Waals surface area contributed by atoms with Crippen molar-refractivity contribution in [3.8, 4) is 0 Å². The molecule has 1 aromatic rings. The molecule has 0 aliphatic heterocycles. The van der Waals surface area contributed by atoms with Crippen LogP contribution in [0, 0.1) is 0 Å². The van der Waals surface area contributed by atoms with Gasteiger partial charge in [-0.3, -0.25) is 0 Å². The summed E-state index contributed by atoms with van der Waals surface area (Å²) in [6.07, 6.45) is 0. The quantitative estimate of drug-likeness (QED) is 0.774. The van der Waals surface area contributed by atoms with Gasteiger partial charge < -0.3 is 10.2 Å². The lowest BCUT2D eigenvalue weighted by Crippen LogP contribution is -2.25. The lowest BCUT2D eigenvalue weighted by molar-refractivity contribution is 0.799. The fourth-order valence-corrected chi connectivity index (χ4v) is 1.47. The standard InChI is InChI=1S/C10H18ClN5/c1-4-12-9-13-8(7-11)14-10(15-9)16(5-2)6-3/h4-7H2,1-3H3,(H,12,13,14,15). The van der Waals surface area contributed by atoms with Crippen molar-refractivity contribution < 1.29 is 0 Å². The average Bonchev–Trinajstić information content (AvgIpc) is 2.31. The number of nitrogens with one attached hydrogen (secondary N) is 1. The Kier molecular flexibility index (Phi) is 5.25. The predicted octanol–water partition coefficient (Wildman–Crippen LogP) is 1.89. The van der Waals surface area contributed by atoms with E-state index in [9.17, 15) is 0 Å². The Bertz CT molecular complexity index is 327. The van der Waals surface area contributed by atoms with Gasteiger partial charge in [-0.2, -0.15) is 15.0 Å². The zero-order chi connectivity index (χ0) is 12.0. The summed E-state index contributed by atoms with van der Waals surface area (Å²) in [7, 11) is 0. The zero-order valence-electron chi connectivity index (χ0n) is 10.00. The maximum Gasteiger partial charge on any atom is 0.230 e. The summed E-state index contributed by atoms with van der Waals surface area (Å²) in [5, 5.41) is 3.08. The topological polar surface area (TPSA) is 53.9 Å². The molecule has 90 valence electrons. The largest absolute Gasteiger partial charge is 0.354 e. The molecule has 1 N–H and O–H groups in total. The average molecular weight is 244 g/mol. The fraction of sp³-hybridized carbons (Fsp3) is 0.700. The van der Waals surface area contributed by atoms with Gasteiger partial charge in [0.25, 0.3) is 0 Å². The number of hydrogen-bond donors (Lipinski definition) is 1. The zero-order valence-corrected chi connectivity index (χ0v) is 10.8. The summed E-state index contributed by atoms with van der Waals surface area (Å²) in [4.78, 5) is 14.9. The van der Waals surface area contributed by atoms with Gasteiger partial charge in [0.05, 0.1) is 5.88 Å². The highest BCUT2D eigenvalue weighted by molar-refractivity contribution is 6.16. The Morgan fingerprint density at radius 1 is 1.12 bits per heavy atom. The second-order valence-corrected chi connectivity index (χ2v) is 3.48. The van der Waals surface area contributed by atoms with E-state index in [-0.39, 0.29) is 0 Å². The molecule has 1 heterocycles. The third-order valence-electron chi connectivity index (χ3n) is 2.17. The van der Waals surface area contributed by atoms with E-state index < -0.39 is 0 Å². The van der Waals surface area contributed by atoms with Crippen LogP contribution < -0.4 is 10.2 Å². The van der Waals surface area contributed by atoms with Crippen molar-refractivity contribution in [2.45, 2.75) is 26.7 Å². The van der Waals surface area contributed by atoms with Crippen molar-refractivity contribution in [3.05, 3.63) is 5.82 Å². The summed E-state index contributed by atoms with van der Waals surface area (Å²) >= 11 is 5.76. The second kappa shape index (κ2) is 6.48. The first-order valence-corrected chi connectivity index (χ1v) is 6.08. The molecule has 6 heteroatoms. The number of alkyl halides is 1. The van der Waals surface area contributed by atoms with Crippen LogP contribution in [0.5, 0.6) is 0 Å². The minimum absolute atomic E-state index is 0.301. The number of halogens is 1. The first-order valence-electron chi connectivity index (χ1n) is 5.54. The number of nitrogens with zero attached hydrogens (tertiary/aromatic N) is 4. The molecule has 0 fully saturated rings. The highest BCUT2D eigenvalue weighted by Crippen LogP contribution is 2.11. The van der Waals surface area contributed by atoms with Crippen molar-refractivity contribution in [2.24, 2.45) is 0 Å². The molecular formula is C10H18ClN5. The van der Waals surface area contributed by atoms with E-state index in [1.165, 1.54) is 0 Å². The maximum atomic E-state index is 5.76. The summed E-state index contributed by atoms with van der Waals surface area (Å²) in [6, 6.07) is 0. The maximum absolute atomic E-state index is 5.76. The van der Waals surface area contributed by atoms with Crippen molar-refractivity contribution in [1.29, 1.82) is 0 Å². The fourth-order valence-electron chi connectivity index (χ4n) is 1.35. The normalized spacial score (nSPS) is 10.2. The third kappa shape index (κ3) is 3.20.